The van der Waals surface area contributed by atoms with Crippen LogP contribution in [0.3, 0.4) is 0 Å². The lowest BCUT2D eigenvalue weighted by Crippen LogP contribution is -2.23. The third-order valence-electron chi connectivity index (χ3n) is 3.19. The van der Waals surface area contributed by atoms with Crippen molar-refractivity contribution in [3.63, 3.8) is 0 Å². The SMILES string of the molecule is Cc1ccc(SCCC(=O)NCc2cccc(C)c2)cc1. The molecule has 21 heavy (non-hydrogen) atoms. The molecule has 110 valence electrons. The molecule has 2 aromatic rings. The van der Waals surface area contributed by atoms with Crippen LogP contribution in [-0.4, -0.2) is 11.7 Å². The largest absolute Gasteiger partial charge is 0.352 e. The lowest BCUT2D eigenvalue weighted by molar-refractivity contribution is -0.120. The molecule has 1 amide bonds. The molecular formula is C18H21NOS. The second-order valence-electron chi connectivity index (χ2n) is 5.18. The Balaban J connectivity index is 1.69. The van der Waals surface area contributed by atoms with E-state index in [-0.39, 0.29) is 5.91 Å². The zero-order valence-corrected chi connectivity index (χ0v) is 13.4. The van der Waals surface area contributed by atoms with E-state index in [0.717, 1.165) is 11.3 Å². The fraction of sp³-hybridized carbons (Fsp3) is 0.278. The van der Waals surface area contributed by atoms with Crippen LogP contribution in [0.1, 0.15) is 23.1 Å². The summed E-state index contributed by atoms with van der Waals surface area (Å²) in [6, 6.07) is 16.6. The summed E-state index contributed by atoms with van der Waals surface area (Å²) in [5, 5.41) is 2.97. The molecule has 3 heteroatoms. The van der Waals surface area contributed by atoms with Crippen molar-refractivity contribution >= 4 is 17.7 Å². The van der Waals surface area contributed by atoms with Gasteiger partial charge in [0.25, 0.3) is 0 Å². The molecule has 0 unspecified atom stereocenters. The summed E-state index contributed by atoms with van der Waals surface area (Å²) in [5.41, 5.74) is 3.63. The second kappa shape index (κ2) is 7.89. The maximum absolute atomic E-state index is 11.8. The quantitative estimate of drug-likeness (QED) is 0.814. The minimum absolute atomic E-state index is 0.108. The third kappa shape index (κ3) is 5.64. The van der Waals surface area contributed by atoms with Gasteiger partial charge in [-0.05, 0) is 31.5 Å². The van der Waals surface area contributed by atoms with E-state index in [1.54, 1.807) is 11.8 Å². The Morgan fingerprint density at radius 3 is 2.52 bits per heavy atom. The number of nitrogens with one attached hydrogen (secondary N) is 1. The fourth-order valence-electron chi connectivity index (χ4n) is 2.01. The molecule has 0 aromatic heterocycles. The van der Waals surface area contributed by atoms with Gasteiger partial charge in [0.15, 0.2) is 0 Å². The molecule has 0 heterocycles. The lowest BCUT2D eigenvalue weighted by Gasteiger charge is -2.06. The van der Waals surface area contributed by atoms with E-state index in [1.165, 1.54) is 16.0 Å². The molecule has 0 fully saturated rings. The number of carbonyl (C=O) groups excluding carboxylic acids is 1. The van der Waals surface area contributed by atoms with Crippen LogP contribution in [0.15, 0.2) is 53.4 Å². The van der Waals surface area contributed by atoms with Gasteiger partial charge < -0.3 is 5.32 Å². The summed E-state index contributed by atoms with van der Waals surface area (Å²) in [4.78, 5) is 13.0. The van der Waals surface area contributed by atoms with Gasteiger partial charge in [-0.1, -0.05) is 47.5 Å². The zero-order valence-electron chi connectivity index (χ0n) is 12.6. The maximum Gasteiger partial charge on any atom is 0.221 e. The summed E-state index contributed by atoms with van der Waals surface area (Å²) in [6.45, 7) is 4.74. The Labute approximate surface area is 131 Å². The van der Waals surface area contributed by atoms with Crippen LogP contribution in [-0.2, 0) is 11.3 Å². The van der Waals surface area contributed by atoms with Crippen LogP contribution >= 0.6 is 11.8 Å². The van der Waals surface area contributed by atoms with E-state index in [1.807, 2.05) is 12.1 Å². The van der Waals surface area contributed by atoms with Crippen molar-refractivity contribution in [3.05, 3.63) is 65.2 Å². The first-order chi connectivity index (χ1) is 10.1. The number of aryl methyl sites for hydroxylation is 2. The van der Waals surface area contributed by atoms with Crippen molar-refractivity contribution in [1.29, 1.82) is 0 Å². The van der Waals surface area contributed by atoms with E-state index >= 15 is 0 Å². The first-order valence-corrected chi connectivity index (χ1v) is 8.14. The zero-order chi connectivity index (χ0) is 15.1. The molecule has 0 aliphatic rings. The molecular weight excluding hydrogens is 278 g/mol. The highest BCUT2D eigenvalue weighted by atomic mass is 32.2. The van der Waals surface area contributed by atoms with Crippen LogP contribution in [0.5, 0.6) is 0 Å². The number of benzene rings is 2. The summed E-state index contributed by atoms with van der Waals surface area (Å²) in [6.07, 6.45) is 0.546. The van der Waals surface area contributed by atoms with Gasteiger partial charge in [-0.25, -0.2) is 0 Å². The highest BCUT2D eigenvalue weighted by molar-refractivity contribution is 7.99. The number of carbonyl (C=O) groups is 1. The standard InChI is InChI=1S/C18H21NOS/c1-14-6-8-17(9-7-14)21-11-10-18(20)19-13-16-5-3-4-15(2)12-16/h3-9,12H,10-11,13H2,1-2H3,(H,19,20). The van der Waals surface area contributed by atoms with Crippen LogP contribution in [0.2, 0.25) is 0 Å². The molecule has 0 radical (unpaired) electrons. The highest BCUT2D eigenvalue weighted by Gasteiger charge is 2.02. The van der Waals surface area contributed by atoms with Gasteiger partial charge in [-0.2, -0.15) is 0 Å². The number of rotatable bonds is 6. The topological polar surface area (TPSA) is 29.1 Å². The molecule has 0 aliphatic heterocycles. The molecule has 2 aromatic carbocycles. The fourth-order valence-corrected chi connectivity index (χ4v) is 2.86. The molecule has 0 spiro atoms. The van der Waals surface area contributed by atoms with Crippen molar-refractivity contribution < 1.29 is 4.79 Å². The smallest absolute Gasteiger partial charge is 0.221 e. The molecule has 0 atom stereocenters. The van der Waals surface area contributed by atoms with Gasteiger partial charge >= 0.3 is 0 Å². The monoisotopic (exact) mass is 299 g/mol. The van der Waals surface area contributed by atoms with Gasteiger partial charge in [-0.3, -0.25) is 4.79 Å². The van der Waals surface area contributed by atoms with E-state index in [4.69, 9.17) is 0 Å². The Morgan fingerprint density at radius 2 is 1.81 bits per heavy atom. The molecule has 1 N–H and O–H groups in total. The summed E-state index contributed by atoms with van der Waals surface area (Å²) in [5.74, 6) is 0.916. The molecule has 0 aliphatic carbocycles. The predicted molar refractivity (Wildman–Crippen MR) is 89.5 cm³/mol. The van der Waals surface area contributed by atoms with Crippen LogP contribution in [0.4, 0.5) is 0 Å². The minimum atomic E-state index is 0.108. The first kappa shape index (κ1) is 15.6. The highest BCUT2D eigenvalue weighted by Crippen LogP contribution is 2.18. The van der Waals surface area contributed by atoms with Crippen molar-refractivity contribution in [2.75, 3.05) is 5.75 Å². The molecule has 0 bridgehead atoms. The number of hydrogen-bond donors (Lipinski definition) is 1. The van der Waals surface area contributed by atoms with Gasteiger partial charge in [0, 0.05) is 23.6 Å². The molecule has 0 saturated heterocycles. The van der Waals surface area contributed by atoms with E-state index in [0.29, 0.717) is 13.0 Å². The van der Waals surface area contributed by atoms with Crippen molar-refractivity contribution in [2.24, 2.45) is 0 Å². The van der Waals surface area contributed by atoms with Crippen molar-refractivity contribution in [1.82, 2.24) is 5.32 Å². The average molecular weight is 299 g/mol. The summed E-state index contributed by atoms with van der Waals surface area (Å²) < 4.78 is 0. The number of thioether (sulfide) groups is 1. The van der Waals surface area contributed by atoms with Gasteiger partial charge in [0.1, 0.15) is 0 Å². The normalized spacial score (nSPS) is 10.4. The summed E-state index contributed by atoms with van der Waals surface area (Å²) in [7, 11) is 0. The lowest BCUT2D eigenvalue weighted by atomic mass is 10.1. The molecule has 0 saturated carbocycles. The summed E-state index contributed by atoms with van der Waals surface area (Å²) >= 11 is 1.72. The van der Waals surface area contributed by atoms with Crippen molar-refractivity contribution in [2.45, 2.75) is 31.7 Å². The van der Waals surface area contributed by atoms with Crippen LogP contribution < -0.4 is 5.32 Å². The molecule has 2 nitrogen and oxygen atoms in total. The maximum atomic E-state index is 11.8. The van der Waals surface area contributed by atoms with E-state index in [9.17, 15) is 4.79 Å². The third-order valence-corrected chi connectivity index (χ3v) is 4.20. The van der Waals surface area contributed by atoms with Gasteiger partial charge in [0.2, 0.25) is 5.91 Å². The second-order valence-corrected chi connectivity index (χ2v) is 6.35. The van der Waals surface area contributed by atoms with Gasteiger partial charge in [-0.15, -0.1) is 11.8 Å². The minimum Gasteiger partial charge on any atom is -0.352 e. The van der Waals surface area contributed by atoms with Crippen molar-refractivity contribution in [3.8, 4) is 0 Å². The Bertz CT molecular complexity index is 592. The average Bonchev–Trinajstić information content (AvgIpc) is 2.47. The molecule has 2 rings (SSSR count). The first-order valence-electron chi connectivity index (χ1n) is 7.15. The van der Waals surface area contributed by atoms with Crippen LogP contribution in [0, 0.1) is 13.8 Å². The van der Waals surface area contributed by atoms with Crippen LogP contribution in [0.25, 0.3) is 0 Å². The Kier molecular flexibility index (Phi) is 5.88. The van der Waals surface area contributed by atoms with E-state index in [2.05, 4.69) is 55.6 Å². The number of hydrogen-bond acceptors (Lipinski definition) is 2. The Morgan fingerprint density at radius 1 is 1.05 bits per heavy atom. The number of amides is 1. The Hall–Kier alpha value is -1.74. The van der Waals surface area contributed by atoms with Gasteiger partial charge in [0.05, 0.1) is 0 Å². The predicted octanol–water partition coefficient (Wildman–Crippen LogP) is 4.10. The van der Waals surface area contributed by atoms with E-state index < -0.39 is 0 Å².